The van der Waals surface area contributed by atoms with E-state index < -0.39 is 0 Å². The van der Waals surface area contributed by atoms with Gasteiger partial charge in [-0.15, -0.1) is 0 Å². The smallest absolute Gasteiger partial charge is 0.330 e. The molecule has 1 heterocycles. The van der Waals surface area contributed by atoms with Crippen molar-refractivity contribution in [3.8, 4) is 0 Å². The molecular weight excluding hydrogens is 222 g/mol. The number of aromatic nitrogens is 2. The maximum atomic E-state index is 10.9. The number of hydrogen-bond acceptors (Lipinski definition) is 6. The van der Waals surface area contributed by atoms with Gasteiger partial charge in [0.25, 0.3) is 0 Å². The van der Waals surface area contributed by atoms with E-state index in [4.69, 9.17) is 9.26 Å². The van der Waals surface area contributed by atoms with Crippen molar-refractivity contribution in [2.45, 2.75) is 20.3 Å². The number of carbonyl (C=O) groups is 1. The summed E-state index contributed by atoms with van der Waals surface area (Å²) in [6.07, 6.45) is 3.83. The number of aryl methyl sites for hydroxylation is 1. The largest absolute Gasteiger partial charge is 0.463 e. The Bertz CT molecular complexity index is 374. The second kappa shape index (κ2) is 7.56. The first-order valence-electron chi connectivity index (χ1n) is 5.55. The number of nitrogens with one attached hydrogen (secondary N) is 1. The van der Waals surface area contributed by atoms with Crippen molar-refractivity contribution in [3.05, 3.63) is 23.9 Å². The van der Waals surface area contributed by atoms with Crippen LogP contribution in [-0.2, 0) is 16.0 Å². The lowest BCUT2D eigenvalue weighted by atomic mass is 10.4. The molecule has 0 amide bonds. The van der Waals surface area contributed by atoms with Crippen LogP contribution in [0.3, 0.4) is 0 Å². The topological polar surface area (TPSA) is 77.2 Å². The standard InChI is InChI=1S/C11H17N3O3/c1-3-16-11(15)5-4-7-12-8-6-10-13-9(2)17-14-10/h4-5,12H,3,6-8H2,1-2H3/b5-4+. The van der Waals surface area contributed by atoms with Crippen LogP contribution in [0.2, 0.25) is 0 Å². The van der Waals surface area contributed by atoms with Gasteiger partial charge >= 0.3 is 5.97 Å². The van der Waals surface area contributed by atoms with Crippen molar-refractivity contribution in [2.75, 3.05) is 19.7 Å². The van der Waals surface area contributed by atoms with Gasteiger partial charge in [0.1, 0.15) is 0 Å². The monoisotopic (exact) mass is 239 g/mol. The second-order valence-corrected chi connectivity index (χ2v) is 3.34. The lowest BCUT2D eigenvalue weighted by Gasteiger charge is -1.98. The van der Waals surface area contributed by atoms with E-state index >= 15 is 0 Å². The lowest BCUT2D eigenvalue weighted by Crippen LogP contribution is -2.17. The molecule has 6 heteroatoms. The zero-order valence-electron chi connectivity index (χ0n) is 10.1. The summed E-state index contributed by atoms with van der Waals surface area (Å²) < 4.78 is 9.57. The molecule has 1 aromatic rings. The van der Waals surface area contributed by atoms with Crippen LogP contribution in [0.25, 0.3) is 0 Å². The Balaban J connectivity index is 2.06. The van der Waals surface area contributed by atoms with E-state index in [1.165, 1.54) is 6.08 Å². The molecule has 0 saturated heterocycles. The molecule has 1 N–H and O–H groups in total. The highest BCUT2D eigenvalue weighted by Crippen LogP contribution is 1.94. The van der Waals surface area contributed by atoms with Crippen LogP contribution in [0, 0.1) is 6.92 Å². The van der Waals surface area contributed by atoms with Crippen LogP contribution in [0.4, 0.5) is 0 Å². The molecule has 0 fully saturated rings. The van der Waals surface area contributed by atoms with Crippen LogP contribution in [0.15, 0.2) is 16.7 Å². The molecular formula is C11H17N3O3. The van der Waals surface area contributed by atoms with Crippen molar-refractivity contribution in [2.24, 2.45) is 0 Å². The molecule has 1 rings (SSSR count). The highest BCUT2D eigenvalue weighted by molar-refractivity contribution is 5.81. The quantitative estimate of drug-likeness (QED) is 0.427. The summed E-state index contributed by atoms with van der Waals surface area (Å²) in [6.45, 7) is 5.26. The van der Waals surface area contributed by atoms with Crippen molar-refractivity contribution in [1.29, 1.82) is 0 Å². The summed E-state index contributed by atoms with van der Waals surface area (Å²) in [7, 11) is 0. The molecule has 0 aliphatic rings. The fourth-order valence-corrected chi connectivity index (χ4v) is 1.17. The molecule has 94 valence electrons. The first kappa shape index (κ1) is 13.4. The Morgan fingerprint density at radius 2 is 2.41 bits per heavy atom. The Kier molecular flexibility index (Phi) is 5.95. The van der Waals surface area contributed by atoms with Gasteiger partial charge in [-0.1, -0.05) is 11.2 Å². The molecule has 0 aliphatic carbocycles. The molecule has 1 aromatic heterocycles. The van der Waals surface area contributed by atoms with Crippen LogP contribution in [-0.4, -0.2) is 35.8 Å². The first-order valence-corrected chi connectivity index (χ1v) is 5.55. The highest BCUT2D eigenvalue weighted by atomic mass is 16.5. The third-order valence-corrected chi connectivity index (χ3v) is 1.90. The van der Waals surface area contributed by atoms with Gasteiger partial charge in [0, 0.05) is 32.5 Å². The van der Waals surface area contributed by atoms with Gasteiger partial charge in [-0.2, -0.15) is 4.98 Å². The minimum absolute atomic E-state index is 0.317. The number of hydrogen-bond donors (Lipinski definition) is 1. The predicted octanol–water partition coefficient (Wildman–Crippen LogP) is 0.629. The Labute approximate surface area is 100 Å². The minimum Gasteiger partial charge on any atom is -0.463 e. The van der Waals surface area contributed by atoms with Crippen molar-refractivity contribution in [3.63, 3.8) is 0 Å². The molecule has 0 spiro atoms. The number of ether oxygens (including phenoxy) is 1. The third-order valence-electron chi connectivity index (χ3n) is 1.90. The molecule has 0 atom stereocenters. The summed E-state index contributed by atoms with van der Waals surface area (Å²) in [4.78, 5) is 15.0. The summed E-state index contributed by atoms with van der Waals surface area (Å²) in [6, 6.07) is 0. The zero-order valence-corrected chi connectivity index (χ0v) is 10.1. The lowest BCUT2D eigenvalue weighted by molar-refractivity contribution is -0.137. The molecule has 17 heavy (non-hydrogen) atoms. The SMILES string of the molecule is CCOC(=O)/C=C/CNCCc1noc(C)n1. The Morgan fingerprint density at radius 1 is 1.59 bits per heavy atom. The van der Waals surface area contributed by atoms with E-state index in [2.05, 4.69) is 15.5 Å². The summed E-state index contributed by atoms with van der Waals surface area (Å²) in [5, 5.41) is 6.89. The van der Waals surface area contributed by atoms with E-state index in [-0.39, 0.29) is 5.97 Å². The molecule has 0 aromatic carbocycles. The Morgan fingerprint density at radius 3 is 3.06 bits per heavy atom. The number of carbonyl (C=O) groups excluding carboxylic acids is 1. The first-order chi connectivity index (χ1) is 8.22. The minimum atomic E-state index is -0.317. The molecule has 0 saturated carbocycles. The fraction of sp³-hybridized carbons (Fsp3) is 0.545. The molecule has 0 unspecified atom stereocenters. The van der Waals surface area contributed by atoms with Gasteiger partial charge in [-0.05, 0) is 6.92 Å². The average Bonchev–Trinajstić information content (AvgIpc) is 2.70. The predicted molar refractivity (Wildman–Crippen MR) is 61.4 cm³/mol. The van der Waals surface area contributed by atoms with Gasteiger partial charge in [-0.25, -0.2) is 4.79 Å². The number of nitrogens with zero attached hydrogens (tertiary/aromatic N) is 2. The average molecular weight is 239 g/mol. The number of rotatable bonds is 7. The molecule has 0 radical (unpaired) electrons. The maximum absolute atomic E-state index is 10.9. The van der Waals surface area contributed by atoms with E-state index in [9.17, 15) is 4.79 Å². The Hall–Kier alpha value is -1.69. The third kappa shape index (κ3) is 5.82. The second-order valence-electron chi connectivity index (χ2n) is 3.34. The van der Waals surface area contributed by atoms with Crippen LogP contribution in [0.5, 0.6) is 0 Å². The molecule has 0 bridgehead atoms. The van der Waals surface area contributed by atoms with Gasteiger partial charge in [0.2, 0.25) is 5.89 Å². The summed E-state index contributed by atoms with van der Waals surface area (Å²) in [5.74, 6) is 0.940. The zero-order chi connectivity index (χ0) is 12.5. The highest BCUT2D eigenvalue weighted by Gasteiger charge is 2.00. The van der Waals surface area contributed by atoms with Gasteiger partial charge in [0.15, 0.2) is 5.82 Å². The van der Waals surface area contributed by atoms with Crippen LogP contribution < -0.4 is 5.32 Å². The maximum Gasteiger partial charge on any atom is 0.330 e. The van der Waals surface area contributed by atoms with E-state index in [1.807, 2.05) is 0 Å². The number of esters is 1. The van der Waals surface area contributed by atoms with Gasteiger partial charge in [-0.3, -0.25) is 0 Å². The van der Waals surface area contributed by atoms with E-state index in [1.54, 1.807) is 19.9 Å². The van der Waals surface area contributed by atoms with Crippen molar-refractivity contribution < 1.29 is 14.1 Å². The molecule has 0 aliphatic heterocycles. The summed E-state index contributed by atoms with van der Waals surface area (Å²) >= 11 is 0. The van der Waals surface area contributed by atoms with Crippen LogP contribution >= 0.6 is 0 Å². The fourth-order valence-electron chi connectivity index (χ4n) is 1.17. The van der Waals surface area contributed by atoms with E-state index in [0.29, 0.717) is 31.3 Å². The van der Waals surface area contributed by atoms with Crippen LogP contribution in [0.1, 0.15) is 18.6 Å². The van der Waals surface area contributed by atoms with Crippen molar-refractivity contribution >= 4 is 5.97 Å². The van der Waals surface area contributed by atoms with Gasteiger partial charge < -0.3 is 14.6 Å². The normalized spacial score (nSPS) is 10.9. The van der Waals surface area contributed by atoms with E-state index in [0.717, 1.165) is 6.54 Å². The van der Waals surface area contributed by atoms with Gasteiger partial charge in [0.05, 0.1) is 6.61 Å². The summed E-state index contributed by atoms with van der Waals surface area (Å²) in [5.41, 5.74) is 0. The molecule has 6 nitrogen and oxygen atoms in total. The van der Waals surface area contributed by atoms with Crippen molar-refractivity contribution in [1.82, 2.24) is 15.5 Å².